The van der Waals surface area contributed by atoms with Crippen molar-refractivity contribution in [3.05, 3.63) is 28.6 Å². The van der Waals surface area contributed by atoms with Crippen LogP contribution in [0.1, 0.15) is 25.3 Å². The molecule has 0 aromatic carbocycles. The van der Waals surface area contributed by atoms with Gasteiger partial charge in [0.25, 0.3) is 0 Å². The molecular formula is C21H26FN9O9P2S3. The molecule has 2 aliphatic rings. The van der Waals surface area contributed by atoms with Crippen LogP contribution in [-0.4, -0.2) is 77.1 Å². The standard InChI is InChI=1S/C21H26FN9O9P2S3/c22-11-2-10(39-20(11)30-8-29-14-16(23)25-6-27-18(14)30)4-38-42(35,44)37-3-9-1-13(40-12(9)5-36-41(33,34)43)31-19-15(45-21(31)32)17(24)26-7-28-19/h6-13,20H,1-5H2,(H,35,44)(H2,23,25,27)(H2,24,26,28)(H2,33,34,43)/t9?,10-,11+,12?,13+,20+,42?/m0/s1. The van der Waals surface area contributed by atoms with Crippen LogP contribution in [0.5, 0.6) is 0 Å². The van der Waals surface area contributed by atoms with E-state index in [9.17, 15) is 23.2 Å². The maximum absolute atomic E-state index is 15.0. The van der Waals surface area contributed by atoms with Gasteiger partial charge in [0.1, 0.15) is 41.1 Å². The molecule has 244 valence electrons. The molecule has 0 aliphatic carbocycles. The summed E-state index contributed by atoms with van der Waals surface area (Å²) >= 11 is 8.40. The van der Waals surface area contributed by atoms with Crippen LogP contribution in [0.25, 0.3) is 21.5 Å². The summed E-state index contributed by atoms with van der Waals surface area (Å²) in [5, 5.41) is 0. The van der Waals surface area contributed by atoms with Gasteiger partial charge < -0.3 is 30.4 Å². The van der Waals surface area contributed by atoms with Gasteiger partial charge in [-0.1, -0.05) is 35.8 Å². The first-order valence-corrected chi connectivity index (χ1v) is 19.4. The lowest BCUT2D eigenvalue weighted by atomic mass is 10.0. The van der Waals surface area contributed by atoms with Crippen LogP contribution in [0.15, 0.2) is 23.8 Å². The van der Waals surface area contributed by atoms with E-state index in [0.29, 0.717) is 15.9 Å². The van der Waals surface area contributed by atoms with E-state index in [1.54, 1.807) is 0 Å². The molecule has 4 aromatic heterocycles. The Labute approximate surface area is 267 Å². The van der Waals surface area contributed by atoms with E-state index < -0.39 is 61.8 Å². The quantitative estimate of drug-likeness (QED) is 0.110. The molecule has 0 saturated carbocycles. The van der Waals surface area contributed by atoms with E-state index in [1.165, 1.54) is 28.1 Å². The summed E-state index contributed by atoms with van der Waals surface area (Å²) in [5.74, 6) is -0.360. The highest BCUT2D eigenvalue weighted by Gasteiger charge is 2.42. The highest BCUT2D eigenvalue weighted by Crippen LogP contribution is 2.55. The van der Waals surface area contributed by atoms with E-state index >= 15 is 0 Å². The van der Waals surface area contributed by atoms with Gasteiger partial charge in [-0.3, -0.25) is 23.0 Å². The molecule has 2 fully saturated rings. The number of thiazole rings is 1. The van der Waals surface area contributed by atoms with Crippen LogP contribution in [0.4, 0.5) is 16.0 Å². The number of aromatic nitrogens is 7. The topological polar surface area (TPSA) is 244 Å². The minimum atomic E-state index is -4.19. The van der Waals surface area contributed by atoms with Crippen LogP contribution in [0.2, 0.25) is 0 Å². The number of nitrogens with zero attached hydrogens (tertiary/aromatic N) is 7. The highest BCUT2D eigenvalue weighted by molar-refractivity contribution is 8.44. The fraction of sp³-hybridized carbons (Fsp3) is 0.524. The van der Waals surface area contributed by atoms with Crippen molar-refractivity contribution < 1.29 is 41.5 Å². The van der Waals surface area contributed by atoms with Gasteiger partial charge in [-0.25, -0.2) is 38.4 Å². The number of nitrogens with two attached hydrogens (primary N) is 2. The fourth-order valence-corrected chi connectivity index (χ4v) is 7.73. The number of halogens is 1. The normalized spacial score (nSPS) is 28.1. The van der Waals surface area contributed by atoms with Gasteiger partial charge in [-0.2, -0.15) is 0 Å². The molecule has 2 aliphatic heterocycles. The van der Waals surface area contributed by atoms with Gasteiger partial charge in [0, 0.05) is 18.8 Å². The zero-order valence-corrected chi connectivity index (χ0v) is 27.2. The van der Waals surface area contributed by atoms with Crippen molar-refractivity contribution >= 4 is 82.6 Å². The molecular weight excluding hydrogens is 699 g/mol. The third kappa shape index (κ3) is 7.05. The van der Waals surface area contributed by atoms with Crippen molar-refractivity contribution in [2.24, 2.45) is 5.92 Å². The third-order valence-electron chi connectivity index (χ3n) is 7.15. The van der Waals surface area contributed by atoms with Gasteiger partial charge in [-0.05, 0) is 0 Å². The van der Waals surface area contributed by atoms with Crippen molar-refractivity contribution in [1.29, 1.82) is 0 Å². The summed E-state index contributed by atoms with van der Waals surface area (Å²) in [7, 11) is 0. The Morgan fingerprint density at radius 2 is 1.71 bits per heavy atom. The lowest BCUT2D eigenvalue weighted by molar-refractivity contribution is -0.0348. The van der Waals surface area contributed by atoms with Crippen LogP contribution >= 0.6 is 49.4 Å². The van der Waals surface area contributed by atoms with Crippen molar-refractivity contribution in [1.82, 2.24) is 34.1 Å². The van der Waals surface area contributed by atoms with Gasteiger partial charge >= 0.3 is 18.5 Å². The Morgan fingerprint density at radius 1 is 1.00 bits per heavy atom. The number of rotatable bonds is 11. The first kappa shape index (κ1) is 32.7. The van der Waals surface area contributed by atoms with Crippen molar-refractivity contribution in [3.63, 3.8) is 0 Å². The molecule has 0 radical (unpaired) electrons. The van der Waals surface area contributed by atoms with Crippen LogP contribution in [0.3, 0.4) is 0 Å². The van der Waals surface area contributed by atoms with E-state index in [1.807, 2.05) is 0 Å². The summed E-state index contributed by atoms with van der Waals surface area (Å²) in [6.45, 7) is -9.22. The maximum atomic E-state index is 15.0. The number of ether oxygens (including phenoxy) is 2. The third-order valence-corrected chi connectivity index (χ3v) is 10.6. The monoisotopic (exact) mass is 725 g/mol. The molecule has 2 saturated heterocycles. The first-order chi connectivity index (χ1) is 21.3. The molecule has 6 rings (SSSR count). The van der Waals surface area contributed by atoms with Gasteiger partial charge in [0.2, 0.25) is 0 Å². The molecule has 6 heterocycles. The number of imidazole rings is 1. The number of anilines is 2. The Bertz CT molecular complexity index is 1880. The fourth-order valence-electron chi connectivity index (χ4n) is 5.10. The minimum absolute atomic E-state index is 0.0847. The predicted molar refractivity (Wildman–Crippen MR) is 165 cm³/mol. The molecule has 24 heteroatoms. The van der Waals surface area contributed by atoms with Gasteiger partial charge in [0.05, 0.1) is 38.4 Å². The van der Waals surface area contributed by atoms with Crippen molar-refractivity contribution in [3.8, 4) is 0 Å². The zero-order valence-electron chi connectivity index (χ0n) is 22.8. The summed E-state index contributed by atoms with van der Waals surface area (Å²) in [4.78, 5) is 42.0. The molecule has 4 aromatic rings. The predicted octanol–water partition coefficient (Wildman–Crippen LogP) is 2.50. The summed E-state index contributed by atoms with van der Waals surface area (Å²) in [5.41, 5.74) is 12.5. The van der Waals surface area contributed by atoms with E-state index in [0.717, 1.165) is 11.3 Å². The Morgan fingerprint density at radius 3 is 2.47 bits per heavy atom. The van der Waals surface area contributed by atoms with Crippen LogP contribution < -0.4 is 16.3 Å². The van der Waals surface area contributed by atoms with Crippen LogP contribution in [0, 0.1) is 5.92 Å². The van der Waals surface area contributed by atoms with E-state index in [2.05, 4.69) is 49.4 Å². The first-order valence-electron chi connectivity index (χ1n) is 13.1. The number of nitrogen functional groups attached to an aromatic ring is 2. The molecule has 0 bridgehead atoms. The zero-order chi connectivity index (χ0) is 32.1. The molecule has 4 unspecified atom stereocenters. The van der Waals surface area contributed by atoms with E-state index in [-0.39, 0.29) is 43.3 Å². The molecule has 0 amide bonds. The highest BCUT2D eigenvalue weighted by atomic mass is 32.7. The van der Waals surface area contributed by atoms with E-state index in [4.69, 9.17) is 34.5 Å². The smallest absolute Gasteiger partial charge is 0.382 e. The SMILES string of the molecule is Nc1ncnc2c1ncn2[C@@H]1O[C@H](COP(=O)(S)OCC2C[C@H](n3c(=O)sc4c(N)ncnc43)OC2COP(=O)(O)S)C[C@H]1F. The molecule has 8 atom stereocenters. The maximum Gasteiger partial charge on any atom is 0.386 e. The number of alkyl halides is 1. The second kappa shape index (κ2) is 12.8. The summed E-state index contributed by atoms with van der Waals surface area (Å²) in [6, 6.07) is 0. The average Bonchev–Trinajstić information content (AvgIpc) is 3.74. The lowest BCUT2D eigenvalue weighted by Crippen LogP contribution is -2.25. The van der Waals surface area contributed by atoms with Crippen molar-refractivity contribution in [2.75, 3.05) is 31.3 Å². The molecule has 45 heavy (non-hydrogen) atoms. The number of fused-ring (bicyclic) bond motifs is 2. The second-order valence-corrected chi connectivity index (χ2v) is 16.7. The second-order valence-electron chi connectivity index (χ2n) is 10.1. The molecule has 5 N–H and O–H groups in total. The largest absolute Gasteiger partial charge is 0.386 e. The summed E-state index contributed by atoms with van der Waals surface area (Å²) < 4.78 is 70.5. The minimum Gasteiger partial charge on any atom is -0.382 e. The lowest BCUT2D eigenvalue weighted by Gasteiger charge is -2.21. The van der Waals surface area contributed by atoms with Crippen LogP contribution in [-0.2, 0) is 32.2 Å². The number of hydrogen-bond acceptors (Lipinski definition) is 16. The molecule has 18 nitrogen and oxygen atoms in total. The van der Waals surface area contributed by atoms with Gasteiger partial charge in [0.15, 0.2) is 23.3 Å². The number of hydrogen-bond donors (Lipinski definition) is 5. The number of thiol groups is 2. The molecule has 0 spiro atoms. The Hall–Kier alpha value is -2.23. The van der Waals surface area contributed by atoms with Crippen molar-refractivity contribution in [2.45, 2.75) is 43.7 Å². The summed E-state index contributed by atoms with van der Waals surface area (Å²) in [6.07, 6.45) is -1.33. The average molecular weight is 726 g/mol. The van der Waals surface area contributed by atoms with Gasteiger partial charge in [-0.15, -0.1) is 0 Å². The Kier molecular flexibility index (Phi) is 9.27. The Balaban J connectivity index is 1.10.